The van der Waals surface area contributed by atoms with Crippen molar-refractivity contribution in [3.63, 3.8) is 0 Å². The lowest BCUT2D eigenvalue weighted by atomic mass is 9.95. The van der Waals surface area contributed by atoms with E-state index in [4.69, 9.17) is 0 Å². The van der Waals surface area contributed by atoms with Gasteiger partial charge in [0.2, 0.25) is 0 Å². The summed E-state index contributed by atoms with van der Waals surface area (Å²) in [5.74, 6) is 0.153. The maximum Gasteiger partial charge on any atom is 0.294 e. The molecule has 1 unspecified atom stereocenters. The van der Waals surface area contributed by atoms with Gasteiger partial charge >= 0.3 is 0 Å². The zero-order chi connectivity index (χ0) is 13.6. The van der Waals surface area contributed by atoms with Crippen LogP contribution >= 0.6 is 0 Å². The van der Waals surface area contributed by atoms with Gasteiger partial charge in [-0.15, -0.1) is 0 Å². The molecule has 1 aromatic carbocycles. The first-order valence-electron chi connectivity index (χ1n) is 6.53. The predicted octanol–water partition coefficient (Wildman–Crippen LogP) is 4.01. The number of hydrogen-bond donors (Lipinski definition) is 1. The Hall–Kier alpha value is -0.870. The molecule has 0 spiro atoms. The Morgan fingerprint density at radius 2 is 1.83 bits per heavy atom. The van der Waals surface area contributed by atoms with Crippen LogP contribution in [-0.4, -0.2) is 13.0 Å². The van der Waals surface area contributed by atoms with Crippen LogP contribution in [0.15, 0.2) is 29.2 Å². The van der Waals surface area contributed by atoms with E-state index in [1.165, 1.54) is 25.3 Å². The molecule has 102 valence electrons. The van der Waals surface area contributed by atoms with Gasteiger partial charge in [-0.3, -0.25) is 4.55 Å². The van der Waals surface area contributed by atoms with Gasteiger partial charge in [0.15, 0.2) is 0 Å². The zero-order valence-corrected chi connectivity index (χ0v) is 11.9. The van der Waals surface area contributed by atoms with Crippen LogP contribution in [0.1, 0.15) is 57.4 Å². The van der Waals surface area contributed by atoms with Crippen LogP contribution in [0.3, 0.4) is 0 Å². The highest BCUT2D eigenvalue weighted by Gasteiger charge is 2.18. The van der Waals surface area contributed by atoms with Crippen LogP contribution in [0, 0.1) is 0 Å². The van der Waals surface area contributed by atoms with Gasteiger partial charge in [0, 0.05) is 0 Å². The van der Waals surface area contributed by atoms with Gasteiger partial charge in [-0.2, -0.15) is 8.42 Å². The minimum atomic E-state index is -4.11. The average Bonchev–Trinajstić information content (AvgIpc) is 2.33. The first kappa shape index (κ1) is 15.2. The van der Waals surface area contributed by atoms with E-state index >= 15 is 0 Å². The summed E-state index contributed by atoms with van der Waals surface area (Å²) >= 11 is 0. The van der Waals surface area contributed by atoms with Crippen molar-refractivity contribution in [2.45, 2.75) is 56.8 Å². The maximum absolute atomic E-state index is 11.3. The molecule has 0 saturated carbocycles. The highest BCUT2D eigenvalue weighted by atomic mass is 32.2. The molecule has 0 heterocycles. The normalized spacial score (nSPS) is 13.5. The molecule has 0 aliphatic heterocycles. The molecule has 0 aliphatic rings. The smallest absolute Gasteiger partial charge is 0.282 e. The molecule has 4 heteroatoms. The summed E-state index contributed by atoms with van der Waals surface area (Å²) in [6.07, 6.45) is 5.62. The van der Waals surface area contributed by atoms with E-state index in [9.17, 15) is 13.0 Å². The maximum atomic E-state index is 11.3. The Labute approximate surface area is 110 Å². The van der Waals surface area contributed by atoms with Crippen molar-refractivity contribution in [3.8, 4) is 0 Å². The monoisotopic (exact) mass is 270 g/mol. The summed E-state index contributed by atoms with van der Waals surface area (Å²) in [5, 5.41) is 0. The van der Waals surface area contributed by atoms with Gasteiger partial charge in [0.1, 0.15) is 0 Å². The van der Waals surface area contributed by atoms with E-state index < -0.39 is 10.1 Å². The second kappa shape index (κ2) is 6.90. The first-order chi connectivity index (χ1) is 8.46. The third-order valence-electron chi connectivity index (χ3n) is 3.22. The molecule has 1 rings (SSSR count). The Kier molecular flexibility index (Phi) is 5.82. The fraction of sp³-hybridized carbons (Fsp3) is 0.571. The lowest BCUT2D eigenvalue weighted by Gasteiger charge is -2.14. The van der Waals surface area contributed by atoms with Crippen molar-refractivity contribution in [2.75, 3.05) is 0 Å². The van der Waals surface area contributed by atoms with Crippen molar-refractivity contribution < 1.29 is 13.0 Å². The standard InChI is InChI=1S/C14H22O3S/c1-3-4-5-6-9-12(2)13-10-7-8-11-14(13)18(15,16)17/h7-8,10-12H,3-6,9H2,1-2H3,(H,15,16,17). The predicted molar refractivity (Wildman–Crippen MR) is 73.4 cm³/mol. The third kappa shape index (κ3) is 4.42. The van der Waals surface area contributed by atoms with Gasteiger partial charge in [-0.25, -0.2) is 0 Å². The summed E-state index contributed by atoms with van der Waals surface area (Å²) in [6.45, 7) is 4.17. The van der Waals surface area contributed by atoms with E-state index in [0.717, 1.165) is 18.4 Å². The van der Waals surface area contributed by atoms with Crippen LogP contribution in [-0.2, 0) is 10.1 Å². The molecule has 0 aromatic heterocycles. The van der Waals surface area contributed by atoms with Crippen molar-refractivity contribution in [2.24, 2.45) is 0 Å². The average molecular weight is 270 g/mol. The minimum Gasteiger partial charge on any atom is -0.282 e. The Balaban J connectivity index is 2.77. The van der Waals surface area contributed by atoms with Crippen molar-refractivity contribution in [1.82, 2.24) is 0 Å². The van der Waals surface area contributed by atoms with E-state index in [0.29, 0.717) is 0 Å². The van der Waals surface area contributed by atoms with Crippen LogP contribution in [0.25, 0.3) is 0 Å². The van der Waals surface area contributed by atoms with Crippen LogP contribution in [0.2, 0.25) is 0 Å². The van der Waals surface area contributed by atoms with E-state index in [1.54, 1.807) is 12.1 Å². The Morgan fingerprint density at radius 1 is 1.17 bits per heavy atom. The quantitative estimate of drug-likeness (QED) is 0.601. The highest BCUT2D eigenvalue weighted by Crippen LogP contribution is 2.27. The van der Waals surface area contributed by atoms with E-state index in [2.05, 4.69) is 6.92 Å². The lowest BCUT2D eigenvalue weighted by molar-refractivity contribution is 0.479. The molecule has 0 bridgehead atoms. The molecule has 18 heavy (non-hydrogen) atoms. The summed E-state index contributed by atoms with van der Waals surface area (Å²) < 4.78 is 31.8. The minimum absolute atomic E-state index is 0.0491. The van der Waals surface area contributed by atoms with E-state index in [-0.39, 0.29) is 10.8 Å². The third-order valence-corrected chi connectivity index (χ3v) is 4.15. The summed E-state index contributed by atoms with van der Waals surface area (Å²) in [7, 11) is -4.11. The molecular weight excluding hydrogens is 248 g/mol. The van der Waals surface area contributed by atoms with Gasteiger partial charge in [0.05, 0.1) is 4.90 Å². The Bertz CT molecular complexity index is 466. The van der Waals surface area contributed by atoms with Gasteiger partial charge in [-0.05, 0) is 24.0 Å². The highest BCUT2D eigenvalue weighted by molar-refractivity contribution is 7.85. The van der Waals surface area contributed by atoms with Gasteiger partial charge in [0.25, 0.3) is 10.1 Å². The Morgan fingerprint density at radius 3 is 2.44 bits per heavy atom. The molecule has 3 nitrogen and oxygen atoms in total. The molecule has 0 saturated heterocycles. The topological polar surface area (TPSA) is 54.4 Å². The molecule has 0 amide bonds. The molecule has 0 fully saturated rings. The fourth-order valence-electron chi connectivity index (χ4n) is 2.16. The largest absolute Gasteiger partial charge is 0.294 e. The molecule has 0 radical (unpaired) electrons. The SMILES string of the molecule is CCCCCCC(C)c1ccccc1S(=O)(=O)O. The zero-order valence-electron chi connectivity index (χ0n) is 11.1. The molecule has 0 aliphatic carbocycles. The van der Waals surface area contributed by atoms with Crippen molar-refractivity contribution in [1.29, 1.82) is 0 Å². The number of unbranched alkanes of at least 4 members (excludes halogenated alkanes) is 3. The van der Waals surface area contributed by atoms with Gasteiger partial charge < -0.3 is 0 Å². The number of hydrogen-bond acceptors (Lipinski definition) is 2. The van der Waals surface area contributed by atoms with E-state index in [1.807, 2.05) is 13.0 Å². The number of benzene rings is 1. The van der Waals surface area contributed by atoms with Crippen molar-refractivity contribution >= 4 is 10.1 Å². The van der Waals surface area contributed by atoms with Crippen molar-refractivity contribution in [3.05, 3.63) is 29.8 Å². The molecular formula is C14H22O3S. The van der Waals surface area contributed by atoms with Crippen LogP contribution < -0.4 is 0 Å². The molecule has 1 aromatic rings. The second-order valence-corrected chi connectivity index (χ2v) is 6.15. The lowest BCUT2D eigenvalue weighted by Crippen LogP contribution is -2.05. The molecule has 1 N–H and O–H groups in total. The fourth-order valence-corrected chi connectivity index (χ4v) is 2.97. The second-order valence-electron chi connectivity index (χ2n) is 4.76. The van der Waals surface area contributed by atoms with Crippen LogP contribution in [0.4, 0.5) is 0 Å². The molecule has 1 atom stereocenters. The summed E-state index contributed by atoms with van der Waals surface area (Å²) in [5.41, 5.74) is 0.719. The summed E-state index contributed by atoms with van der Waals surface area (Å²) in [4.78, 5) is 0.0491. The van der Waals surface area contributed by atoms with Crippen LogP contribution in [0.5, 0.6) is 0 Å². The number of rotatable bonds is 7. The van der Waals surface area contributed by atoms with Gasteiger partial charge in [-0.1, -0.05) is 57.7 Å². The first-order valence-corrected chi connectivity index (χ1v) is 7.97. The summed E-state index contributed by atoms with van der Waals surface area (Å²) in [6, 6.07) is 6.70.